The fourth-order valence-corrected chi connectivity index (χ4v) is 5.06. The maximum absolute atomic E-state index is 14.9. The van der Waals surface area contributed by atoms with E-state index in [2.05, 4.69) is 10.6 Å². The Hall–Kier alpha value is -4.79. The standard InChI is InChI=1S/C33H33FN4O4/c34-26-19-24(15-16-30(26)42-18-10-2-1-9-17-35-33(40)41)21-28-32(39)38-22-29(25-13-7-4-8-14-25)36-27(31(38)37-28)20-23-11-5-3-6-12-23/h3-8,11-16,19,22,28,35H,1-2,9-10,17-18,20-21H2,(H,40,41)/p+1. The van der Waals surface area contributed by atoms with Crippen molar-refractivity contribution in [3.05, 3.63) is 108 Å². The van der Waals surface area contributed by atoms with E-state index in [-0.39, 0.29) is 11.7 Å². The molecule has 2 heterocycles. The van der Waals surface area contributed by atoms with Gasteiger partial charge in [-0.15, -0.1) is 0 Å². The van der Waals surface area contributed by atoms with Gasteiger partial charge in [-0.05, 0) is 36.1 Å². The van der Waals surface area contributed by atoms with E-state index in [0.717, 1.165) is 42.5 Å². The van der Waals surface area contributed by atoms with Crippen molar-refractivity contribution >= 4 is 17.8 Å². The van der Waals surface area contributed by atoms with Crippen molar-refractivity contribution in [1.29, 1.82) is 0 Å². The highest BCUT2D eigenvalue weighted by Gasteiger charge is 2.41. The minimum absolute atomic E-state index is 0.113. The zero-order valence-electron chi connectivity index (χ0n) is 23.3. The van der Waals surface area contributed by atoms with Gasteiger partial charge in [0.05, 0.1) is 6.61 Å². The number of carboxylic acid groups (broad SMARTS) is 1. The van der Waals surface area contributed by atoms with E-state index < -0.39 is 18.0 Å². The van der Waals surface area contributed by atoms with Crippen LogP contribution in [0.2, 0.25) is 0 Å². The number of amides is 1. The van der Waals surface area contributed by atoms with Crippen LogP contribution in [-0.4, -0.2) is 41.3 Å². The molecule has 0 bridgehead atoms. The number of fused-ring (bicyclic) bond motifs is 1. The molecule has 1 amide bonds. The van der Waals surface area contributed by atoms with Crippen LogP contribution in [0.3, 0.4) is 0 Å². The fourth-order valence-electron chi connectivity index (χ4n) is 5.06. The minimum atomic E-state index is -1.02. The summed E-state index contributed by atoms with van der Waals surface area (Å²) in [6.45, 7) is 0.797. The second kappa shape index (κ2) is 13.7. The molecular weight excluding hydrogens is 535 g/mol. The number of ether oxygens (including phenoxy) is 1. The predicted octanol–water partition coefficient (Wildman–Crippen LogP) is 5.65. The number of halogens is 1. The maximum Gasteiger partial charge on any atom is 0.404 e. The lowest BCUT2D eigenvalue weighted by Crippen LogP contribution is -2.44. The van der Waals surface area contributed by atoms with Gasteiger partial charge in [-0.25, -0.2) is 19.0 Å². The van der Waals surface area contributed by atoms with Crippen LogP contribution in [0.15, 0.2) is 85.1 Å². The Kier molecular flexibility index (Phi) is 9.38. The average Bonchev–Trinajstić information content (AvgIpc) is 3.31. The molecule has 0 saturated carbocycles. The molecule has 216 valence electrons. The molecule has 0 aliphatic carbocycles. The molecule has 5 rings (SSSR count). The molecule has 0 radical (unpaired) electrons. The summed E-state index contributed by atoms with van der Waals surface area (Å²) in [5.74, 6) is 0.258. The van der Waals surface area contributed by atoms with Crippen LogP contribution in [0.4, 0.5) is 15.0 Å². The van der Waals surface area contributed by atoms with Gasteiger partial charge in [-0.1, -0.05) is 79.6 Å². The molecule has 0 fully saturated rings. The number of anilines is 1. The summed E-state index contributed by atoms with van der Waals surface area (Å²) in [6.07, 6.45) is 4.85. The lowest BCUT2D eigenvalue weighted by Gasteiger charge is -2.10. The Balaban J connectivity index is 1.24. The van der Waals surface area contributed by atoms with Crippen LogP contribution in [0.25, 0.3) is 11.3 Å². The Morgan fingerprint density at radius 3 is 2.45 bits per heavy atom. The molecule has 3 N–H and O–H groups in total. The molecule has 1 aromatic heterocycles. The SMILES string of the molecule is O=C(O)NCCCCCCOc1ccc(CC2Nc3c(Cc4ccccc4)nc(-c4ccccc4)c[n+]3C2=O)cc1F. The van der Waals surface area contributed by atoms with Crippen LogP contribution < -0.4 is 19.9 Å². The first-order valence-corrected chi connectivity index (χ1v) is 14.2. The average molecular weight is 570 g/mol. The van der Waals surface area contributed by atoms with Gasteiger partial charge in [-0.3, -0.25) is 5.32 Å². The zero-order valence-corrected chi connectivity index (χ0v) is 23.3. The largest absolute Gasteiger partial charge is 0.491 e. The normalized spacial score (nSPS) is 13.8. The molecule has 1 aliphatic heterocycles. The molecule has 0 spiro atoms. The molecule has 8 nitrogen and oxygen atoms in total. The summed E-state index contributed by atoms with van der Waals surface area (Å²) >= 11 is 0. The van der Waals surface area contributed by atoms with Gasteiger partial charge in [0, 0.05) is 24.9 Å². The van der Waals surface area contributed by atoms with Crippen molar-refractivity contribution in [1.82, 2.24) is 10.3 Å². The molecular formula is C33H34FN4O4+. The van der Waals surface area contributed by atoms with Crippen LogP contribution in [0.5, 0.6) is 5.75 Å². The number of hydrogen-bond acceptors (Lipinski definition) is 5. The molecule has 42 heavy (non-hydrogen) atoms. The van der Waals surface area contributed by atoms with Gasteiger partial charge in [0.2, 0.25) is 0 Å². The van der Waals surface area contributed by atoms with Gasteiger partial charge >= 0.3 is 17.8 Å². The van der Waals surface area contributed by atoms with Crippen LogP contribution >= 0.6 is 0 Å². The number of benzene rings is 3. The third kappa shape index (κ3) is 7.28. The van der Waals surface area contributed by atoms with Crippen molar-refractivity contribution in [3.63, 3.8) is 0 Å². The van der Waals surface area contributed by atoms with Gasteiger partial charge in [0.25, 0.3) is 0 Å². The lowest BCUT2D eigenvalue weighted by atomic mass is 10.1. The highest BCUT2D eigenvalue weighted by molar-refractivity contribution is 5.82. The van der Waals surface area contributed by atoms with E-state index >= 15 is 0 Å². The predicted molar refractivity (Wildman–Crippen MR) is 157 cm³/mol. The van der Waals surface area contributed by atoms with E-state index in [1.807, 2.05) is 60.7 Å². The number of hydrogen-bond donors (Lipinski definition) is 3. The molecule has 9 heteroatoms. The fraction of sp³-hybridized carbons (Fsp3) is 0.273. The zero-order chi connectivity index (χ0) is 29.3. The van der Waals surface area contributed by atoms with E-state index in [1.54, 1.807) is 22.9 Å². The Bertz CT molecular complexity index is 1530. The van der Waals surface area contributed by atoms with Crippen molar-refractivity contribution in [2.45, 2.75) is 44.6 Å². The first-order chi connectivity index (χ1) is 20.5. The quantitative estimate of drug-likeness (QED) is 0.142. The number of nitrogens with one attached hydrogen (secondary N) is 2. The van der Waals surface area contributed by atoms with Crippen LogP contribution in [0, 0.1) is 5.82 Å². The number of aromatic nitrogens is 2. The highest BCUT2D eigenvalue weighted by Crippen LogP contribution is 2.26. The maximum atomic E-state index is 14.9. The number of nitrogens with zero attached hydrogens (tertiary/aromatic N) is 2. The minimum Gasteiger partial charge on any atom is -0.491 e. The summed E-state index contributed by atoms with van der Waals surface area (Å²) < 4.78 is 22.1. The van der Waals surface area contributed by atoms with Crippen molar-refractivity contribution in [3.8, 4) is 17.0 Å². The van der Waals surface area contributed by atoms with Gasteiger partial charge in [0.15, 0.2) is 17.6 Å². The van der Waals surface area contributed by atoms with Gasteiger partial charge < -0.3 is 15.2 Å². The summed E-state index contributed by atoms with van der Waals surface area (Å²) in [5.41, 5.74) is 4.18. The van der Waals surface area contributed by atoms with Crippen LogP contribution in [-0.2, 0) is 12.8 Å². The Morgan fingerprint density at radius 1 is 0.976 bits per heavy atom. The summed E-state index contributed by atoms with van der Waals surface area (Å²) in [5, 5.41) is 14.3. The monoisotopic (exact) mass is 569 g/mol. The first-order valence-electron chi connectivity index (χ1n) is 14.2. The molecule has 1 aliphatic rings. The third-order valence-electron chi connectivity index (χ3n) is 7.19. The van der Waals surface area contributed by atoms with E-state index in [1.165, 1.54) is 6.07 Å². The molecule has 3 aromatic carbocycles. The number of rotatable bonds is 13. The van der Waals surface area contributed by atoms with Crippen LogP contribution in [0.1, 0.15) is 47.3 Å². The molecule has 0 saturated heterocycles. The molecule has 4 aromatic rings. The van der Waals surface area contributed by atoms with Gasteiger partial charge in [-0.2, -0.15) is 4.57 Å². The van der Waals surface area contributed by atoms with Crippen molar-refractivity contribution in [2.75, 3.05) is 18.5 Å². The number of unbranched alkanes of at least 4 members (excludes halogenated alkanes) is 3. The lowest BCUT2D eigenvalue weighted by molar-refractivity contribution is -0.552. The molecule has 1 unspecified atom stereocenters. The Labute approximate surface area is 244 Å². The highest BCUT2D eigenvalue weighted by atomic mass is 19.1. The van der Waals surface area contributed by atoms with Gasteiger partial charge in [0.1, 0.15) is 17.6 Å². The Morgan fingerprint density at radius 2 is 1.71 bits per heavy atom. The smallest absolute Gasteiger partial charge is 0.404 e. The molecule has 1 atom stereocenters. The number of carbonyl (C=O) groups excluding carboxylic acids is 1. The summed E-state index contributed by atoms with van der Waals surface area (Å²) in [4.78, 5) is 29.0. The van der Waals surface area contributed by atoms with Crippen molar-refractivity contribution < 1.29 is 28.4 Å². The second-order valence-electron chi connectivity index (χ2n) is 10.3. The topological polar surface area (TPSA) is 104 Å². The number of carbonyl (C=O) groups is 2. The third-order valence-corrected chi connectivity index (χ3v) is 7.19. The van der Waals surface area contributed by atoms with E-state index in [4.69, 9.17) is 14.8 Å². The van der Waals surface area contributed by atoms with E-state index in [0.29, 0.717) is 43.1 Å². The van der Waals surface area contributed by atoms with E-state index in [9.17, 15) is 14.0 Å². The summed E-state index contributed by atoms with van der Waals surface area (Å²) in [6, 6.07) is 24.0. The second-order valence-corrected chi connectivity index (χ2v) is 10.3. The first kappa shape index (κ1) is 28.7. The van der Waals surface area contributed by atoms with Crippen molar-refractivity contribution in [2.24, 2.45) is 0 Å². The summed E-state index contributed by atoms with van der Waals surface area (Å²) in [7, 11) is 0.